The Morgan fingerprint density at radius 2 is 2.06 bits per heavy atom. The van der Waals surface area contributed by atoms with Crippen molar-refractivity contribution >= 4 is 0 Å². The van der Waals surface area contributed by atoms with Crippen LogP contribution in [0.5, 0.6) is 11.5 Å². The molecule has 1 heterocycles. The van der Waals surface area contributed by atoms with E-state index in [0.717, 1.165) is 29.2 Å². The Hall–Kier alpha value is -1.26. The highest BCUT2D eigenvalue weighted by molar-refractivity contribution is 5.50. The molecule has 2 unspecified atom stereocenters. The topological polar surface area (TPSA) is 39.7 Å². The highest BCUT2D eigenvalue weighted by Crippen LogP contribution is 2.35. The van der Waals surface area contributed by atoms with Crippen LogP contribution in [-0.2, 0) is 4.74 Å². The zero-order valence-electron chi connectivity index (χ0n) is 11.4. The molecule has 1 aromatic rings. The zero-order chi connectivity index (χ0) is 13.1. The number of hydrogen-bond donors (Lipinski definition) is 1. The molecular formula is C14H21NO3. The molecule has 0 aromatic heterocycles. The quantitative estimate of drug-likeness (QED) is 0.892. The van der Waals surface area contributed by atoms with E-state index < -0.39 is 0 Å². The van der Waals surface area contributed by atoms with Gasteiger partial charge in [0.1, 0.15) is 11.5 Å². The van der Waals surface area contributed by atoms with Gasteiger partial charge in [-0.15, -0.1) is 0 Å². The summed E-state index contributed by atoms with van der Waals surface area (Å²) in [6.45, 7) is 5.61. The van der Waals surface area contributed by atoms with Crippen molar-refractivity contribution in [3.8, 4) is 11.5 Å². The molecule has 2 atom stereocenters. The Balaban J connectivity index is 2.30. The van der Waals surface area contributed by atoms with Gasteiger partial charge in [0, 0.05) is 17.7 Å². The molecule has 1 aliphatic rings. The molecule has 0 spiro atoms. The fraction of sp³-hybridized carbons (Fsp3) is 0.571. The van der Waals surface area contributed by atoms with E-state index >= 15 is 0 Å². The predicted octanol–water partition coefficient (Wildman–Crippen LogP) is 2.06. The number of methoxy groups -OCH3 is 2. The first kappa shape index (κ1) is 13.2. The van der Waals surface area contributed by atoms with E-state index in [1.165, 1.54) is 0 Å². The molecule has 0 aliphatic carbocycles. The van der Waals surface area contributed by atoms with Gasteiger partial charge in [0.2, 0.25) is 0 Å². The van der Waals surface area contributed by atoms with E-state index in [1.807, 2.05) is 19.1 Å². The minimum Gasteiger partial charge on any atom is -0.496 e. The van der Waals surface area contributed by atoms with Gasteiger partial charge in [0.05, 0.1) is 33.0 Å². The second-order valence-corrected chi connectivity index (χ2v) is 4.62. The number of rotatable bonds is 3. The van der Waals surface area contributed by atoms with Crippen molar-refractivity contribution in [2.45, 2.75) is 26.0 Å². The van der Waals surface area contributed by atoms with Crippen LogP contribution in [0.2, 0.25) is 0 Å². The Morgan fingerprint density at radius 1 is 1.28 bits per heavy atom. The third-order valence-corrected chi connectivity index (χ3v) is 3.39. The van der Waals surface area contributed by atoms with E-state index in [9.17, 15) is 0 Å². The molecular weight excluding hydrogens is 230 g/mol. The van der Waals surface area contributed by atoms with Gasteiger partial charge in [-0.05, 0) is 26.0 Å². The van der Waals surface area contributed by atoms with Crippen LogP contribution in [0, 0.1) is 6.92 Å². The molecule has 1 saturated heterocycles. The lowest BCUT2D eigenvalue weighted by Gasteiger charge is -2.30. The summed E-state index contributed by atoms with van der Waals surface area (Å²) >= 11 is 0. The van der Waals surface area contributed by atoms with Gasteiger partial charge in [-0.2, -0.15) is 0 Å². The largest absolute Gasteiger partial charge is 0.496 e. The summed E-state index contributed by atoms with van der Waals surface area (Å²) in [7, 11) is 3.36. The first-order chi connectivity index (χ1) is 8.67. The molecule has 1 N–H and O–H groups in total. The summed E-state index contributed by atoms with van der Waals surface area (Å²) < 4.78 is 16.5. The lowest BCUT2D eigenvalue weighted by atomic mass is 10.0. The van der Waals surface area contributed by atoms with Crippen LogP contribution >= 0.6 is 0 Å². The molecule has 1 aliphatic heterocycles. The third-order valence-electron chi connectivity index (χ3n) is 3.39. The number of hydrogen-bond acceptors (Lipinski definition) is 4. The Kier molecular flexibility index (Phi) is 4.09. The van der Waals surface area contributed by atoms with E-state index in [-0.39, 0.29) is 12.1 Å². The second kappa shape index (κ2) is 5.59. The highest BCUT2D eigenvalue weighted by Gasteiger charge is 2.24. The summed E-state index contributed by atoms with van der Waals surface area (Å²) in [6.07, 6.45) is 0.270. The molecule has 100 valence electrons. The van der Waals surface area contributed by atoms with E-state index in [4.69, 9.17) is 14.2 Å². The molecule has 0 bridgehead atoms. The normalized spacial score (nSPS) is 23.8. The highest BCUT2D eigenvalue weighted by atomic mass is 16.5. The molecule has 2 rings (SSSR count). The van der Waals surface area contributed by atoms with E-state index in [2.05, 4.69) is 12.2 Å². The second-order valence-electron chi connectivity index (χ2n) is 4.62. The fourth-order valence-electron chi connectivity index (χ4n) is 2.35. The number of benzene rings is 1. The molecule has 4 heteroatoms. The van der Waals surface area contributed by atoms with Crippen LogP contribution in [0.1, 0.15) is 24.1 Å². The Labute approximate surface area is 108 Å². The van der Waals surface area contributed by atoms with Crippen molar-refractivity contribution in [2.24, 2.45) is 0 Å². The van der Waals surface area contributed by atoms with Crippen LogP contribution < -0.4 is 14.8 Å². The maximum Gasteiger partial charge on any atom is 0.130 e. The number of morpholine rings is 1. The average molecular weight is 251 g/mol. The van der Waals surface area contributed by atoms with Gasteiger partial charge >= 0.3 is 0 Å². The number of ether oxygens (including phenoxy) is 3. The van der Waals surface area contributed by atoms with Crippen LogP contribution in [0.15, 0.2) is 12.1 Å². The van der Waals surface area contributed by atoms with Crippen molar-refractivity contribution < 1.29 is 14.2 Å². The van der Waals surface area contributed by atoms with Gasteiger partial charge < -0.3 is 19.5 Å². The van der Waals surface area contributed by atoms with Gasteiger partial charge in [-0.25, -0.2) is 0 Å². The van der Waals surface area contributed by atoms with Crippen LogP contribution in [0.3, 0.4) is 0 Å². The molecule has 0 saturated carbocycles. The van der Waals surface area contributed by atoms with Crippen LogP contribution in [-0.4, -0.2) is 33.5 Å². The smallest absolute Gasteiger partial charge is 0.130 e. The van der Waals surface area contributed by atoms with Gasteiger partial charge in [0.15, 0.2) is 0 Å². The Morgan fingerprint density at radius 3 is 2.61 bits per heavy atom. The van der Waals surface area contributed by atoms with Crippen molar-refractivity contribution in [1.29, 1.82) is 0 Å². The van der Waals surface area contributed by atoms with Crippen molar-refractivity contribution in [2.75, 3.05) is 27.4 Å². The molecule has 0 radical (unpaired) electrons. The van der Waals surface area contributed by atoms with Crippen molar-refractivity contribution in [3.05, 3.63) is 23.3 Å². The first-order valence-corrected chi connectivity index (χ1v) is 6.23. The molecule has 4 nitrogen and oxygen atoms in total. The summed E-state index contributed by atoms with van der Waals surface area (Å²) in [6, 6.07) is 4.20. The minimum absolute atomic E-state index is 0.181. The predicted molar refractivity (Wildman–Crippen MR) is 70.4 cm³/mol. The minimum atomic E-state index is 0.181. The summed E-state index contributed by atoms with van der Waals surface area (Å²) in [5.41, 5.74) is 2.15. The maximum atomic E-state index is 5.69. The Bertz CT molecular complexity index is 412. The summed E-state index contributed by atoms with van der Waals surface area (Å²) in [5.74, 6) is 1.73. The SMILES string of the molecule is COc1ccc(C2COC(C)CN2)c(OC)c1C. The fourth-order valence-corrected chi connectivity index (χ4v) is 2.35. The summed E-state index contributed by atoms with van der Waals surface area (Å²) in [4.78, 5) is 0. The van der Waals surface area contributed by atoms with E-state index in [1.54, 1.807) is 14.2 Å². The lowest BCUT2D eigenvalue weighted by molar-refractivity contribution is 0.0144. The van der Waals surface area contributed by atoms with Crippen molar-refractivity contribution in [1.82, 2.24) is 5.32 Å². The van der Waals surface area contributed by atoms with Gasteiger partial charge in [-0.3, -0.25) is 0 Å². The van der Waals surface area contributed by atoms with Crippen molar-refractivity contribution in [3.63, 3.8) is 0 Å². The third kappa shape index (κ3) is 2.44. The summed E-state index contributed by atoms with van der Waals surface area (Å²) in [5, 5.41) is 3.48. The lowest BCUT2D eigenvalue weighted by Crippen LogP contribution is -2.39. The monoisotopic (exact) mass is 251 g/mol. The van der Waals surface area contributed by atoms with Crippen LogP contribution in [0.25, 0.3) is 0 Å². The standard InChI is InChI=1S/C14H21NO3/c1-9-7-15-12(8-18-9)11-5-6-13(16-3)10(2)14(11)17-4/h5-6,9,12,15H,7-8H2,1-4H3. The molecule has 0 amide bonds. The molecule has 1 fully saturated rings. The van der Waals surface area contributed by atoms with Gasteiger partial charge in [0.25, 0.3) is 0 Å². The average Bonchev–Trinajstić information content (AvgIpc) is 2.39. The van der Waals surface area contributed by atoms with E-state index in [0.29, 0.717) is 6.61 Å². The zero-order valence-corrected chi connectivity index (χ0v) is 11.4. The molecule has 1 aromatic carbocycles. The van der Waals surface area contributed by atoms with Gasteiger partial charge in [-0.1, -0.05) is 0 Å². The number of nitrogens with one attached hydrogen (secondary N) is 1. The molecule has 18 heavy (non-hydrogen) atoms. The maximum absolute atomic E-state index is 5.69. The van der Waals surface area contributed by atoms with Crippen LogP contribution in [0.4, 0.5) is 0 Å². The first-order valence-electron chi connectivity index (χ1n) is 6.23.